The first-order valence-corrected chi connectivity index (χ1v) is 6.19. The van der Waals surface area contributed by atoms with Gasteiger partial charge in [0.2, 0.25) is 5.91 Å². The molecule has 0 aliphatic carbocycles. The van der Waals surface area contributed by atoms with Gasteiger partial charge in [-0.3, -0.25) is 4.79 Å². The zero-order valence-electron chi connectivity index (χ0n) is 9.86. The molecule has 0 radical (unpaired) electrons. The van der Waals surface area contributed by atoms with E-state index < -0.39 is 0 Å². The minimum atomic E-state index is -0.181. The van der Waals surface area contributed by atoms with Crippen molar-refractivity contribution in [2.75, 3.05) is 0 Å². The van der Waals surface area contributed by atoms with Crippen LogP contribution in [0.1, 0.15) is 47.5 Å². The average molecular weight is 264 g/mol. The number of rotatable bonds is 5. The summed E-state index contributed by atoms with van der Waals surface area (Å²) < 4.78 is 0. The summed E-state index contributed by atoms with van der Waals surface area (Å²) >= 11 is 3.50. The number of amides is 1. The molecule has 0 aliphatic rings. The Kier molecular flexibility index (Phi) is 5.72. The smallest absolute Gasteiger partial charge is 0.223 e. The lowest BCUT2D eigenvalue weighted by atomic mass is 9.98. The minimum absolute atomic E-state index is 0.116. The van der Waals surface area contributed by atoms with Crippen LogP contribution in [0.2, 0.25) is 0 Å². The molecular formula is C11H22BrNO. The fraction of sp³-hybridized carbons (Fsp3) is 0.909. The van der Waals surface area contributed by atoms with Gasteiger partial charge < -0.3 is 5.32 Å². The van der Waals surface area contributed by atoms with Gasteiger partial charge in [0, 0.05) is 16.3 Å². The summed E-state index contributed by atoms with van der Waals surface area (Å²) in [6.45, 7) is 10.2. The molecule has 14 heavy (non-hydrogen) atoms. The van der Waals surface area contributed by atoms with Crippen molar-refractivity contribution in [3.8, 4) is 0 Å². The molecule has 84 valence electrons. The molecule has 2 atom stereocenters. The zero-order chi connectivity index (χ0) is 11.4. The van der Waals surface area contributed by atoms with Crippen molar-refractivity contribution in [1.82, 2.24) is 5.32 Å². The van der Waals surface area contributed by atoms with E-state index in [2.05, 4.69) is 28.2 Å². The summed E-state index contributed by atoms with van der Waals surface area (Å²) in [5.41, 5.74) is -0.181. The van der Waals surface area contributed by atoms with E-state index in [0.29, 0.717) is 0 Å². The Balaban J connectivity index is 4.17. The maximum Gasteiger partial charge on any atom is 0.223 e. The van der Waals surface area contributed by atoms with E-state index in [4.69, 9.17) is 0 Å². The molecule has 0 saturated carbocycles. The minimum Gasteiger partial charge on any atom is -0.350 e. The van der Waals surface area contributed by atoms with E-state index in [1.54, 1.807) is 0 Å². The quantitative estimate of drug-likeness (QED) is 0.759. The van der Waals surface area contributed by atoms with Crippen molar-refractivity contribution in [2.45, 2.75) is 57.8 Å². The van der Waals surface area contributed by atoms with Crippen molar-refractivity contribution in [2.24, 2.45) is 5.92 Å². The summed E-state index contributed by atoms with van der Waals surface area (Å²) in [4.78, 5) is 12.0. The predicted molar refractivity (Wildman–Crippen MR) is 64.7 cm³/mol. The molecule has 0 aromatic carbocycles. The van der Waals surface area contributed by atoms with Gasteiger partial charge in [0.15, 0.2) is 0 Å². The highest BCUT2D eigenvalue weighted by molar-refractivity contribution is 9.09. The van der Waals surface area contributed by atoms with Crippen molar-refractivity contribution >= 4 is 21.8 Å². The van der Waals surface area contributed by atoms with Crippen molar-refractivity contribution in [3.63, 3.8) is 0 Å². The third-order valence-corrected chi connectivity index (χ3v) is 3.75. The first kappa shape index (κ1) is 13.9. The summed E-state index contributed by atoms with van der Waals surface area (Å²) in [6, 6.07) is 0. The summed E-state index contributed by atoms with van der Waals surface area (Å²) in [5, 5.41) is 3.05. The molecule has 2 nitrogen and oxygen atoms in total. The maximum absolute atomic E-state index is 11.7. The lowest BCUT2D eigenvalue weighted by Gasteiger charge is -2.30. The highest BCUT2D eigenvalue weighted by Gasteiger charge is 2.27. The van der Waals surface area contributed by atoms with Crippen molar-refractivity contribution in [3.05, 3.63) is 0 Å². The molecule has 0 aromatic rings. The Hall–Kier alpha value is -0.0500. The maximum atomic E-state index is 11.7. The van der Waals surface area contributed by atoms with Gasteiger partial charge in [-0.25, -0.2) is 0 Å². The predicted octanol–water partition coefficient (Wildman–Crippen LogP) is 3.10. The van der Waals surface area contributed by atoms with Crippen LogP contribution in [0.25, 0.3) is 0 Å². The number of carbonyl (C=O) groups is 1. The van der Waals surface area contributed by atoms with E-state index in [1.165, 1.54) is 0 Å². The first-order chi connectivity index (χ1) is 6.31. The second-order valence-corrected chi connectivity index (χ2v) is 5.89. The molecule has 1 amide bonds. The van der Waals surface area contributed by atoms with Gasteiger partial charge in [0.25, 0.3) is 0 Å². The summed E-state index contributed by atoms with van der Waals surface area (Å²) in [7, 11) is 0. The van der Waals surface area contributed by atoms with Crippen LogP contribution in [0.15, 0.2) is 0 Å². The molecule has 2 unspecified atom stereocenters. The Labute approximate surface area is 96.0 Å². The lowest BCUT2D eigenvalue weighted by molar-refractivity contribution is -0.126. The number of hydrogen-bond acceptors (Lipinski definition) is 1. The molecule has 0 rings (SSSR count). The second kappa shape index (κ2) is 5.74. The topological polar surface area (TPSA) is 29.1 Å². The molecule has 1 N–H and O–H groups in total. The van der Waals surface area contributed by atoms with E-state index >= 15 is 0 Å². The van der Waals surface area contributed by atoms with Crippen LogP contribution in [0.4, 0.5) is 0 Å². The molecule has 0 aromatic heterocycles. The van der Waals surface area contributed by atoms with Crippen LogP contribution >= 0.6 is 15.9 Å². The number of hydrogen-bond donors (Lipinski definition) is 1. The molecule has 0 aliphatic heterocycles. The number of carbonyl (C=O) groups excluding carboxylic acids is 1. The van der Waals surface area contributed by atoms with Crippen LogP contribution in [-0.2, 0) is 4.79 Å². The van der Waals surface area contributed by atoms with E-state index in [1.807, 2.05) is 27.7 Å². The molecule has 3 heteroatoms. The molecule has 0 heterocycles. The van der Waals surface area contributed by atoms with E-state index in [-0.39, 0.29) is 22.2 Å². The fourth-order valence-electron chi connectivity index (χ4n) is 1.10. The van der Waals surface area contributed by atoms with Gasteiger partial charge in [-0.05, 0) is 20.3 Å². The lowest BCUT2D eigenvalue weighted by Crippen LogP contribution is -2.50. The largest absolute Gasteiger partial charge is 0.350 e. The Morgan fingerprint density at radius 2 is 1.93 bits per heavy atom. The monoisotopic (exact) mass is 263 g/mol. The van der Waals surface area contributed by atoms with Gasteiger partial charge in [0.1, 0.15) is 0 Å². The summed E-state index contributed by atoms with van der Waals surface area (Å²) in [5.74, 6) is 0.272. The molecule has 0 fully saturated rings. The van der Waals surface area contributed by atoms with Crippen LogP contribution in [0.5, 0.6) is 0 Å². The third-order valence-electron chi connectivity index (χ3n) is 2.61. The van der Waals surface area contributed by atoms with E-state index in [0.717, 1.165) is 12.8 Å². The molecule has 0 spiro atoms. The highest BCUT2D eigenvalue weighted by atomic mass is 79.9. The Morgan fingerprint density at radius 3 is 2.29 bits per heavy atom. The zero-order valence-corrected chi connectivity index (χ0v) is 11.4. The SMILES string of the molecule is CCCC(C)C(=O)NC(C)(C)C(C)Br. The Bertz CT molecular complexity index is 190. The molecule has 0 bridgehead atoms. The van der Waals surface area contributed by atoms with E-state index in [9.17, 15) is 4.79 Å². The number of nitrogens with one attached hydrogen (secondary N) is 1. The van der Waals surface area contributed by atoms with Crippen LogP contribution < -0.4 is 5.32 Å². The van der Waals surface area contributed by atoms with Crippen molar-refractivity contribution < 1.29 is 4.79 Å². The van der Waals surface area contributed by atoms with Crippen molar-refractivity contribution in [1.29, 1.82) is 0 Å². The van der Waals surface area contributed by atoms with Gasteiger partial charge in [-0.2, -0.15) is 0 Å². The first-order valence-electron chi connectivity index (χ1n) is 5.27. The third kappa shape index (κ3) is 4.45. The Morgan fingerprint density at radius 1 is 1.43 bits per heavy atom. The fourth-order valence-corrected chi connectivity index (χ4v) is 1.22. The second-order valence-electron chi connectivity index (χ2n) is 4.52. The number of halogens is 1. The normalized spacial score (nSPS) is 16.1. The van der Waals surface area contributed by atoms with Gasteiger partial charge in [-0.1, -0.05) is 43.1 Å². The van der Waals surface area contributed by atoms with Crippen LogP contribution in [0.3, 0.4) is 0 Å². The van der Waals surface area contributed by atoms with Gasteiger partial charge >= 0.3 is 0 Å². The summed E-state index contributed by atoms with van der Waals surface area (Å²) in [6.07, 6.45) is 2.01. The van der Waals surface area contributed by atoms with Crippen LogP contribution in [0, 0.1) is 5.92 Å². The van der Waals surface area contributed by atoms with Gasteiger partial charge in [0.05, 0.1) is 0 Å². The average Bonchev–Trinajstić information content (AvgIpc) is 2.03. The van der Waals surface area contributed by atoms with Crippen LogP contribution in [-0.4, -0.2) is 16.3 Å². The molecular weight excluding hydrogens is 242 g/mol. The highest BCUT2D eigenvalue weighted by Crippen LogP contribution is 2.18. The molecule has 0 saturated heterocycles. The number of alkyl halides is 1. The standard InChI is InChI=1S/C11H22BrNO/c1-6-7-8(2)10(14)13-11(4,5)9(3)12/h8-9H,6-7H2,1-5H3,(H,13,14). The van der Waals surface area contributed by atoms with Gasteiger partial charge in [-0.15, -0.1) is 0 Å².